The second-order valence-corrected chi connectivity index (χ2v) is 3.25. The minimum atomic E-state index is -0.356. The van der Waals surface area contributed by atoms with Gasteiger partial charge in [0.05, 0.1) is 12.7 Å². The van der Waals surface area contributed by atoms with Crippen LogP contribution < -0.4 is 4.74 Å². The van der Waals surface area contributed by atoms with Gasteiger partial charge in [0.1, 0.15) is 11.6 Å². The second kappa shape index (κ2) is 4.96. The molecule has 78 valence electrons. The van der Waals surface area contributed by atoms with Crippen LogP contribution in [0.3, 0.4) is 0 Å². The van der Waals surface area contributed by atoms with Crippen molar-refractivity contribution in [1.29, 1.82) is 0 Å². The summed E-state index contributed by atoms with van der Waals surface area (Å²) in [6.07, 6.45) is 0.952. The molecule has 0 aliphatic heterocycles. The Morgan fingerprint density at radius 2 is 2.21 bits per heavy atom. The first-order chi connectivity index (χ1) is 6.67. The molecular weight excluding hydrogens is 183 g/mol. The Balaban J connectivity index is 2.85. The van der Waals surface area contributed by atoms with E-state index in [9.17, 15) is 4.39 Å². The molecule has 0 bridgehead atoms. The average molecular weight is 198 g/mol. The number of aliphatic hydroxyl groups is 1. The molecule has 0 aromatic heterocycles. The smallest absolute Gasteiger partial charge is 0.125 e. The van der Waals surface area contributed by atoms with Gasteiger partial charge in [-0.1, -0.05) is 6.92 Å². The van der Waals surface area contributed by atoms with E-state index in [1.807, 2.05) is 13.8 Å². The molecule has 2 nitrogen and oxygen atoms in total. The third-order valence-corrected chi connectivity index (χ3v) is 2.10. The van der Waals surface area contributed by atoms with E-state index in [0.717, 1.165) is 6.42 Å². The molecule has 0 saturated heterocycles. The van der Waals surface area contributed by atoms with Gasteiger partial charge in [-0.25, -0.2) is 4.39 Å². The SMILES string of the molecule is CCC(C)Oc1ccc(F)cc1CO. The van der Waals surface area contributed by atoms with Crippen molar-refractivity contribution in [2.45, 2.75) is 33.0 Å². The molecule has 1 N–H and O–H groups in total. The lowest BCUT2D eigenvalue weighted by atomic mass is 10.2. The molecule has 0 fully saturated rings. The predicted molar refractivity (Wildman–Crippen MR) is 52.7 cm³/mol. The van der Waals surface area contributed by atoms with Crippen LogP contribution >= 0.6 is 0 Å². The van der Waals surface area contributed by atoms with E-state index >= 15 is 0 Å². The Morgan fingerprint density at radius 1 is 1.50 bits per heavy atom. The minimum absolute atomic E-state index is 0.0748. The van der Waals surface area contributed by atoms with Gasteiger partial charge in [0.15, 0.2) is 0 Å². The minimum Gasteiger partial charge on any atom is -0.490 e. The maximum absolute atomic E-state index is 12.8. The first-order valence-corrected chi connectivity index (χ1v) is 4.73. The van der Waals surface area contributed by atoms with E-state index in [0.29, 0.717) is 11.3 Å². The highest BCUT2D eigenvalue weighted by Crippen LogP contribution is 2.21. The molecular formula is C11H15FO2. The normalized spacial score (nSPS) is 12.6. The molecule has 0 heterocycles. The fourth-order valence-electron chi connectivity index (χ4n) is 1.09. The molecule has 0 spiro atoms. The van der Waals surface area contributed by atoms with E-state index in [4.69, 9.17) is 9.84 Å². The number of benzene rings is 1. The molecule has 1 unspecified atom stereocenters. The van der Waals surface area contributed by atoms with Crippen LogP contribution in [0.1, 0.15) is 25.8 Å². The van der Waals surface area contributed by atoms with Gasteiger partial charge in [-0.3, -0.25) is 0 Å². The first kappa shape index (κ1) is 11.0. The summed E-state index contributed by atoms with van der Waals surface area (Å²) in [5.74, 6) is 0.203. The highest BCUT2D eigenvalue weighted by atomic mass is 19.1. The number of rotatable bonds is 4. The van der Waals surface area contributed by atoms with Gasteiger partial charge in [-0.05, 0) is 31.5 Å². The summed E-state index contributed by atoms with van der Waals surface area (Å²) in [6, 6.07) is 4.17. The van der Waals surface area contributed by atoms with Crippen molar-refractivity contribution in [2.75, 3.05) is 0 Å². The third-order valence-electron chi connectivity index (χ3n) is 2.10. The molecule has 0 saturated carbocycles. The standard InChI is InChI=1S/C11H15FO2/c1-3-8(2)14-11-5-4-10(12)6-9(11)7-13/h4-6,8,13H,3,7H2,1-2H3. The monoisotopic (exact) mass is 198 g/mol. The fraction of sp³-hybridized carbons (Fsp3) is 0.455. The van der Waals surface area contributed by atoms with Crippen molar-refractivity contribution >= 4 is 0 Å². The number of aliphatic hydroxyl groups excluding tert-OH is 1. The zero-order valence-electron chi connectivity index (χ0n) is 8.46. The lowest BCUT2D eigenvalue weighted by Crippen LogP contribution is -2.11. The summed E-state index contributed by atoms with van der Waals surface area (Å²) in [7, 11) is 0. The lowest BCUT2D eigenvalue weighted by Gasteiger charge is -2.15. The summed E-state index contributed by atoms with van der Waals surface area (Å²) in [5.41, 5.74) is 0.491. The van der Waals surface area contributed by atoms with Crippen molar-refractivity contribution in [3.63, 3.8) is 0 Å². The summed E-state index contributed by atoms with van der Waals surface area (Å²) >= 11 is 0. The number of hydrogen-bond donors (Lipinski definition) is 1. The molecule has 0 aliphatic carbocycles. The second-order valence-electron chi connectivity index (χ2n) is 3.25. The van der Waals surface area contributed by atoms with Crippen molar-refractivity contribution in [2.24, 2.45) is 0 Å². The highest BCUT2D eigenvalue weighted by molar-refractivity contribution is 5.33. The van der Waals surface area contributed by atoms with Gasteiger partial charge in [0, 0.05) is 5.56 Å². The van der Waals surface area contributed by atoms with Crippen LogP contribution in [0.4, 0.5) is 4.39 Å². The van der Waals surface area contributed by atoms with Crippen LogP contribution in [0.15, 0.2) is 18.2 Å². The summed E-state index contributed by atoms with van der Waals surface area (Å²) < 4.78 is 18.3. The molecule has 14 heavy (non-hydrogen) atoms. The van der Waals surface area contributed by atoms with Crippen LogP contribution in [-0.4, -0.2) is 11.2 Å². The average Bonchev–Trinajstić information content (AvgIpc) is 2.20. The highest BCUT2D eigenvalue weighted by Gasteiger charge is 2.07. The number of hydrogen-bond acceptors (Lipinski definition) is 2. The van der Waals surface area contributed by atoms with E-state index < -0.39 is 0 Å². The molecule has 3 heteroatoms. The Hall–Kier alpha value is -1.09. The van der Waals surface area contributed by atoms with Crippen molar-refractivity contribution in [3.8, 4) is 5.75 Å². The zero-order chi connectivity index (χ0) is 10.6. The molecule has 1 rings (SSSR count). The van der Waals surface area contributed by atoms with E-state index in [-0.39, 0.29) is 18.5 Å². The lowest BCUT2D eigenvalue weighted by molar-refractivity contribution is 0.205. The quantitative estimate of drug-likeness (QED) is 0.805. The number of ether oxygens (including phenoxy) is 1. The summed E-state index contributed by atoms with van der Waals surface area (Å²) in [6.45, 7) is 3.74. The van der Waals surface area contributed by atoms with Crippen LogP contribution in [0, 0.1) is 5.82 Å². The molecule has 0 amide bonds. The zero-order valence-corrected chi connectivity index (χ0v) is 8.46. The molecule has 0 radical (unpaired) electrons. The fourth-order valence-corrected chi connectivity index (χ4v) is 1.09. The Kier molecular flexibility index (Phi) is 3.89. The number of halogens is 1. The largest absolute Gasteiger partial charge is 0.490 e. The molecule has 1 atom stereocenters. The predicted octanol–water partition coefficient (Wildman–Crippen LogP) is 2.50. The summed E-state index contributed by atoms with van der Waals surface area (Å²) in [4.78, 5) is 0. The van der Waals surface area contributed by atoms with Gasteiger partial charge < -0.3 is 9.84 Å². The topological polar surface area (TPSA) is 29.5 Å². The van der Waals surface area contributed by atoms with Gasteiger partial charge >= 0.3 is 0 Å². The van der Waals surface area contributed by atoms with E-state index in [1.54, 1.807) is 6.07 Å². The van der Waals surface area contributed by atoms with Crippen LogP contribution in [-0.2, 0) is 6.61 Å². The Bertz CT molecular complexity index is 299. The van der Waals surface area contributed by atoms with Gasteiger partial charge in [-0.2, -0.15) is 0 Å². The van der Waals surface area contributed by atoms with Gasteiger partial charge in [0.2, 0.25) is 0 Å². The molecule has 1 aromatic carbocycles. The summed E-state index contributed by atoms with van der Waals surface area (Å²) in [5, 5.41) is 8.98. The molecule has 0 aliphatic rings. The van der Waals surface area contributed by atoms with Crippen molar-refractivity contribution in [3.05, 3.63) is 29.6 Å². The van der Waals surface area contributed by atoms with Gasteiger partial charge in [0.25, 0.3) is 0 Å². The third kappa shape index (κ3) is 2.70. The Morgan fingerprint density at radius 3 is 2.79 bits per heavy atom. The maximum atomic E-state index is 12.8. The Labute approximate surface area is 83.3 Å². The van der Waals surface area contributed by atoms with Crippen LogP contribution in [0.2, 0.25) is 0 Å². The van der Waals surface area contributed by atoms with Crippen molar-refractivity contribution < 1.29 is 14.2 Å². The first-order valence-electron chi connectivity index (χ1n) is 4.73. The van der Waals surface area contributed by atoms with Gasteiger partial charge in [-0.15, -0.1) is 0 Å². The van der Waals surface area contributed by atoms with Crippen LogP contribution in [0.5, 0.6) is 5.75 Å². The van der Waals surface area contributed by atoms with E-state index in [2.05, 4.69) is 0 Å². The van der Waals surface area contributed by atoms with Crippen molar-refractivity contribution in [1.82, 2.24) is 0 Å². The molecule has 1 aromatic rings. The van der Waals surface area contributed by atoms with E-state index in [1.165, 1.54) is 12.1 Å². The maximum Gasteiger partial charge on any atom is 0.125 e. The van der Waals surface area contributed by atoms with Crippen LogP contribution in [0.25, 0.3) is 0 Å².